The molecule has 1 atom stereocenters. The smallest absolute Gasteiger partial charge is 0.194 e. The third-order valence-corrected chi connectivity index (χ3v) is 4.98. The number of nitrogens with one attached hydrogen (secondary N) is 1. The van der Waals surface area contributed by atoms with Crippen molar-refractivity contribution in [3.8, 4) is 11.5 Å². The number of hydrogen-bond donors (Lipinski definition) is 1. The highest BCUT2D eigenvalue weighted by atomic mass is 127. The van der Waals surface area contributed by atoms with Crippen LogP contribution >= 0.6 is 24.0 Å². The zero-order valence-electron chi connectivity index (χ0n) is 18.6. The van der Waals surface area contributed by atoms with Crippen LogP contribution in [-0.2, 0) is 16.0 Å². The first-order valence-electron chi connectivity index (χ1n) is 10.7. The van der Waals surface area contributed by atoms with Crippen molar-refractivity contribution in [2.24, 2.45) is 10.9 Å². The van der Waals surface area contributed by atoms with Gasteiger partial charge in [-0.1, -0.05) is 6.07 Å². The Hall–Kier alpha value is -1.98. The van der Waals surface area contributed by atoms with Crippen LogP contribution in [0.2, 0.25) is 0 Å². The molecule has 1 aliphatic heterocycles. The number of hydrogen-bond acceptors (Lipinski definition) is 5. The molecule has 9 heteroatoms. The van der Waals surface area contributed by atoms with Crippen molar-refractivity contribution in [2.45, 2.75) is 19.9 Å². The molecule has 0 aliphatic carbocycles. The molecule has 0 amide bonds. The molecular weight excluding hydrogens is 526 g/mol. The number of likely N-dealkylation sites (tertiary alicyclic amines) is 1. The monoisotopic (exact) mass is 558 g/mol. The summed E-state index contributed by atoms with van der Waals surface area (Å²) in [4.78, 5) is 10.9. The van der Waals surface area contributed by atoms with E-state index in [4.69, 9.17) is 19.2 Å². The summed E-state index contributed by atoms with van der Waals surface area (Å²) in [7, 11) is 1.67. The Morgan fingerprint density at radius 1 is 1.31 bits per heavy atom. The number of aromatic nitrogens is 1. The molecule has 0 bridgehead atoms. The van der Waals surface area contributed by atoms with Gasteiger partial charge in [-0.25, -0.2) is 9.38 Å². The number of aliphatic imine (C=N–C) groups is 1. The second-order valence-electron chi connectivity index (χ2n) is 7.39. The highest BCUT2D eigenvalue weighted by molar-refractivity contribution is 14.0. The van der Waals surface area contributed by atoms with E-state index in [0.29, 0.717) is 31.4 Å². The number of methoxy groups -OCH3 is 1. The highest BCUT2D eigenvalue weighted by Gasteiger charge is 2.25. The summed E-state index contributed by atoms with van der Waals surface area (Å²) in [5, 5.41) is 3.34. The highest BCUT2D eigenvalue weighted by Crippen LogP contribution is 2.25. The molecule has 0 saturated carbocycles. The average molecular weight is 558 g/mol. The second-order valence-corrected chi connectivity index (χ2v) is 7.39. The molecule has 2 heterocycles. The van der Waals surface area contributed by atoms with E-state index in [1.54, 1.807) is 37.7 Å². The van der Waals surface area contributed by atoms with Crippen LogP contribution in [-0.4, -0.2) is 62.4 Å². The van der Waals surface area contributed by atoms with Gasteiger partial charge in [-0.05, 0) is 43.2 Å². The van der Waals surface area contributed by atoms with E-state index in [2.05, 4.69) is 15.2 Å². The standard InChI is InChI=1S/C23H31FN4O3.HI/c1-3-26-23(28-10-8-19(16-28)17-30-12-11-29-2)27-14-18-6-7-22(21(24)13-18)31-20-5-4-9-25-15-20;/h4-7,9,13,15,19H,3,8,10-12,14,16-17H2,1-2H3,(H,26,27);1H. The molecule has 1 aliphatic rings. The quantitative estimate of drug-likeness (QED) is 0.205. The maximum absolute atomic E-state index is 14.5. The lowest BCUT2D eigenvalue weighted by atomic mass is 10.1. The number of pyridine rings is 1. The Morgan fingerprint density at radius 3 is 2.91 bits per heavy atom. The molecule has 1 fully saturated rings. The van der Waals surface area contributed by atoms with Crippen LogP contribution in [0.3, 0.4) is 0 Å². The van der Waals surface area contributed by atoms with Crippen molar-refractivity contribution in [1.29, 1.82) is 0 Å². The lowest BCUT2D eigenvalue weighted by molar-refractivity contribution is 0.0536. The first-order chi connectivity index (χ1) is 15.2. The second kappa shape index (κ2) is 14.2. The van der Waals surface area contributed by atoms with E-state index < -0.39 is 5.82 Å². The number of halogens is 2. The van der Waals surface area contributed by atoms with Crippen LogP contribution in [0.1, 0.15) is 18.9 Å². The average Bonchev–Trinajstić information content (AvgIpc) is 3.25. The Kier molecular flexibility index (Phi) is 11.7. The third kappa shape index (κ3) is 8.18. The fourth-order valence-corrected chi connectivity index (χ4v) is 3.41. The molecule has 176 valence electrons. The molecule has 3 rings (SSSR count). The summed E-state index contributed by atoms with van der Waals surface area (Å²) < 4.78 is 30.7. The van der Waals surface area contributed by atoms with E-state index in [-0.39, 0.29) is 29.7 Å². The van der Waals surface area contributed by atoms with Gasteiger partial charge in [0.2, 0.25) is 0 Å². The van der Waals surface area contributed by atoms with Gasteiger partial charge in [-0.15, -0.1) is 24.0 Å². The predicted molar refractivity (Wildman–Crippen MR) is 133 cm³/mol. The topological polar surface area (TPSA) is 68.2 Å². The predicted octanol–water partition coefficient (Wildman–Crippen LogP) is 4.08. The van der Waals surface area contributed by atoms with E-state index in [0.717, 1.165) is 44.2 Å². The van der Waals surface area contributed by atoms with E-state index in [1.807, 2.05) is 13.0 Å². The summed E-state index contributed by atoms with van der Waals surface area (Å²) in [6, 6.07) is 8.41. The number of ether oxygens (including phenoxy) is 3. The van der Waals surface area contributed by atoms with Gasteiger partial charge in [0.1, 0.15) is 5.75 Å². The SMILES string of the molecule is CCNC(=NCc1ccc(Oc2cccnc2)c(F)c1)N1CCC(COCCOC)C1.I. The van der Waals surface area contributed by atoms with Gasteiger partial charge in [0.05, 0.1) is 32.6 Å². The molecular formula is C23H32FIN4O3. The van der Waals surface area contributed by atoms with Gasteiger partial charge in [-0.3, -0.25) is 4.98 Å². The lowest BCUT2D eigenvalue weighted by Crippen LogP contribution is -2.40. The maximum Gasteiger partial charge on any atom is 0.194 e. The van der Waals surface area contributed by atoms with Crippen LogP contribution in [0.15, 0.2) is 47.7 Å². The number of guanidine groups is 1. The molecule has 7 nitrogen and oxygen atoms in total. The van der Waals surface area contributed by atoms with Gasteiger partial charge in [0.15, 0.2) is 17.5 Å². The molecule has 0 spiro atoms. The van der Waals surface area contributed by atoms with Crippen molar-refractivity contribution in [3.63, 3.8) is 0 Å². The van der Waals surface area contributed by atoms with Crippen LogP contribution in [0.25, 0.3) is 0 Å². The molecule has 1 saturated heterocycles. The Balaban J connectivity index is 0.00000363. The van der Waals surface area contributed by atoms with Crippen molar-refractivity contribution in [3.05, 3.63) is 54.1 Å². The number of benzene rings is 1. The van der Waals surface area contributed by atoms with E-state index in [1.165, 1.54) is 6.07 Å². The van der Waals surface area contributed by atoms with Crippen LogP contribution in [0.5, 0.6) is 11.5 Å². The molecule has 1 aromatic carbocycles. The van der Waals surface area contributed by atoms with Crippen molar-refractivity contribution in [2.75, 3.05) is 46.6 Å². The minimum atomic E-state index is -0.420. The third-order valence-electron chi connectivity index (χ3n) is 4.98. The number of rotatable bonds is 10. The van der Waals surface area contributed by atoms with E-state index >= 15 is 0 Å². The van der Waals surface area contributed by atoms with Crippen LogP contribution < -0.4 is 10.1 Å². The van der Waals surface area contributed by atoms with Crippen molar-refractivity contribution >= 4 is 29.9 Å². The first kappa shape index (κ1) is 26.3. The van der Waals surface area contributed by atoms with Gasteiger partial charge in [0.25, 0.3) is 0 Å². The van der Waals surface area contributed by atoms with Crippen LogP contribution in [0.4, 0.5) is 4.39 Å². The molecule has 32 heavy (non-hydrogen) atoms. The zero-order valence-corrected chi connectivity index (χ0v) is 21.0. The lowest BCUT2D eigenvalue weighted by Gasteiger charge is -2.21. The summed E-state index contributed by atoms with van der Waals surface area (Å²) >= 11 is 0. The molecule has 0 radical (unpaired) electrons. The normalized spacial score (nSPS) is 16.0. The molecule has 1 aromatic heterocycles. The summed E-state index contributed by atoms with van der Waals surface area (Å²) in [6.07, 6.45) is 4.25. The van der Waals surface area contributed by atoms with Crippen molar-refractivity contribution in [1.82, 2.24) is 15.2 Å². The molecule has 1 unspecified atom stereocenters. The minimum Gasteiger partial charge on any atom is -0.453 e. The first-order valence-corrected chi connectivity index (χ1v) is 10.7. The van der Waals surface area contributed by atoms with Gasteiger partial charge >= 0.3 is 0 Å². The summed E-state index contributed by atoms with van der Waals surface area (Å²) in [6.45, 7) is 6.98. The fourth-order valence-electron chi connectivity index (χ4n) is 3.41. The van der Waals surface area contributed by atoms with E-state index in [9.17, 15) is 4.39 Å². The minimum absolute atomic E-state index is 0. The summed E-state index contributed by atoms with van der Waals surface area (Å²) in [5.74, 6) is 1.57. The van der Waals surface area contributed by atoms with Gasteiger partial charge in [-0.2, -0.15) is 0 Å². The zero-order chi connectivity index (χ0) is 21.9. The molecule has 2 aromatic rings. The fraction of sp³-hybridized carbons (Fsp3) is 0.478. The maximum atomic E-state index is 14.5. The summed E-state index contributed by atoms with van der Waals surface area (Å²) in [5.41, 5.74) is 0.782. The van der Waals surface area contributed by atoms with Gasteiger partial charge in [0, 0.05) is 38.9 Å². The van der Waals surface area contributed by atoms with Crippen LogP contribution in [0, 0.1) is 11.7 Å². The number of nitrogens with zero attached hydrogens (tertiary/aromatic N) is 3. The largest absolute Gasteiger partial charge is 0.453 e. The Morgan fingerprint density at radius 2 is 2.19 bits per heavy atom. The van der Waals surface area contributed by atoms with Gasteiger partial charge < -0.3 is 24.4 Å². The molecule has 1 N–H and O–H groups in total. The Bertz CT molecular complexity index is 841. The van der Waals surface area contributed by atoms with Crippen molar-refractivity contribution < 1.29 is 18.6 Å². The Labute approximate surface area is 206 Å².